The minimum Gasteiger partial charge on any atom is -0.466 e. The highest BCUT2D eigenvalue weighted by molar-refractivity contribution is 6.30. The Labute approximate surface area is 125 Å². The minimum absolute atomic E-state index is 0.121. The summed E-state index contributed by atoms with van der Waals surface area (Å²) >= 11 is 5.89. The van der Waals surface area contributed by atoms with Crippen LogP contribution in [0.5, 0.6) is 0 Å². The number of carbonyl (C=O) groups excluding carboxylic acids is 2. The predicted octanol–water partition coefficient (Wildman–Crippen LogP) is 3.62. The number of methoxy groups -OCH3 is 1. The van der Waals surface area contributed by atoms with Gasteiger partial charge < -0.3 is 9.47 Å². The average molecular weight is 310 g/mol. The Morgan fingerprint density at radius 1 is 1.48 bits per heavy atom. The summed E-state index contributed by atoms with van der Waals surface area (Å²) in [5.74, 6) is -1.40. The molecule has 0 aliphatic carbocycles. The Balaban J connectivity index is 3.41. The van der Waals surface area contributed by atoms with E-state index in [1.54, 1.807) is 0 Å². The molecule has 0 N–H and O–H groups in total. The lowest BCUT2D eigenvalue weighted by atomic mass is 10.0. The molecule has 0 fully saturated rings. The zero-order valence-corrected chi connectivity index (χ0v) is 12.1. The van der Waals surface area contributed by atoms with Crippen LogP contribution < -0.4 is 0 Å². The van der Waals surface area contributed by atoms with Crippen molar-refractivity contribution in [2.45, 2.75) is 13.0 Å². The van der Waals surface area contributed by atoms with E-state index in [0.29, 0.717) is 5.02 Å². The van der Waals surface area contributed by atoms with Crippen molar-refractivity contribution in [1.29, 1.82) is 0 Å². The van der Waals surface area contributed by atoms with E-state index in [0.717, 1.165) is 0 Å². The largest absolute Gasteiger partial charge is 0.466 e. The number of ether oxygens (including phenoxy) is 2. The Bertz CT molecular complexity index is 638. The third-order valence-corrected chi connectivity index (χ3v) is 2.71. The molecule has 0 heterocycles. The Morgan fingerprint density at radius 3 is 2.67 bits per heavy atom. The highest BCUT2D eigenvalue weighted by Crippen LogP contribution is 2.35. The van der Waals surface area contributed by atoms with E-state index in [1.165, 1.54) is 32.2 Å². The number of hydrogen-bond donors (Lipinski definition) is 0. The van der Waals surface area contributed by atoms with Crippen LogP contribution in [0.15, 0.2) is 35.5 Å². The molecule has 0 saturated carbocycles. The summed E-state index contributed by atoms with van der Waals surface area (Å²) in [5, 5.41) is 3.80. The number of benzene rings is 1. The Morgan fingerprint density at radius 2 is 2.14 bits per heavy atom. The molecule has 0 amide bonds. The van der Waals surface area contributed by atoms with Gasteiger partial charge in [-0.05, 0) is 17.7 Å². The molecule has 0 radical (unpaired) electrons. The molecule has 21 heavy (non-hydrogen) atoms. The Kier molecular flexibility index (Phi) is 5.78. The fourth-order valence-electron chi connectivity index (χ4n) is 1.60. The van der Waals surface area contributed by atoms with Gasteiger partial charge in [-0.15, -0.1) is 0 Å². The first kappa shape index (κ1) is 16.6. The van der Waals surface area contributed by atoms with Crippen molar-refractivity contribution in [3.63, 3.8) is 0 Å². The third-order valence-electron chi connectivity index (χ3n) is 2.47. The first-order valence-electron chi connectivity index (χ1n) is 5.69. The summed E-state index contributed by atoms with van der Waals surface area (Å²) < 4.78 is 9.64. The van der Waals surface area contributed by atoms with Crippen molar-refractivity contribution in [2.24, 2.45) is 5.11 Å². The van der Waals surface area contributed by atoms with E-state index in [2.05, 4.69) is 21.3 Å². The Hall–Kier alpha value is -2.50. The SMILES string of the molecule is C=C(C(=O)OC)C(OC(C)=O)c1cc(Cl)ccc1N=[N+]=[N-]. The lowest BCUT2D eigenvalue weighted by Gasteiger charge is -2.20. The van der Waals surface area contributed by atoms with Gasteiger partial charge in [0.2, 0.25) is 0 Å². The number of hydrogen-bond acceptors (Lipinski definition) is 5. The van der Waals surface area contributed by atoms with E-state index in [-0.39, 0.29) is 16.8 Å². The molecule has 1 aromatic carbocycles. The zero-order valence-electron chi connectivity index (χ0n) is 11.4. The molecule has 1 aromatic rings. The van der Waals surface area contributed by atoms with Crippen LogP contribution in [0.1, 0.15) is 18.6 Å². The van der Waals surface area contributed by atoms with Crippen LogP contribution in [0.4, 0.5) is 5.69 Å². The van der Waals surface area contributed by atoms with Crippen molar-refractivity contribution < 1.29 is 19.1 Å². The molecule has 7 nitrogen and oxygen atoms in total. The molecule has 0 spiro atoms. The molecule has 0 aliphatic rings. The van der Waals surface area contributed by atoms with E-state index < -0.39 is 18.0 Å². The molecule has 1 rings (SSSR count). The van der Waals surface area contributed by atoms with Crippen molar-refractivity contribution in [1.82, 2.24) is 0 Å². The van der Waals surface area contributed by atoms with Crippen molar-refractivity contribution in [3.8, 4) is 0 Å². The van der Waals surface area contributed by atoms with Crippen LogP contribution in [0, 0.1) is 0 Å². The van der Waals surface area contributed by atoms with Gasteiger partial charge in [-0.1, -0.05) is 29.4 Å². The normalized spacial score (nSPS) is 11.0. The number of rotatable bonds is 5. The third kappa shape index (κ3) is 4.24. The van der Waals surface area contributed by atoms with Gasteiger partial charge in [0.25, 0.3) is 0 Å². The van der Waals surface area contributed by atoms with Gasteiger partial charge in [0.1, 0.15) is 0 Å². The van der Waals surface area contributed by atoms with Gasteiger partial charge in [-0.3, -0.25) is 4.79 Å². The van der Waals surface area contributed by atoms with Gasteiger partial charge in [0, 0.05) is 28.1 Å². The van der Waals surface area contributed by atoms with Gasteiger partial charge >= 0.3 is 11.9 Å². The predicted molar refractivity (Wildman–Crippen MR) is 75.9 cm³/mol. The number of carbonyl (C=O) groups is 2. The summed E-state index contributed by atoms with van der Waals surface area (Å²) in [6.07, 6.45) is -1.16. The molecule has 8 heteroatoms. The second-order valence-corrected chi connectivity index (χ2v) is 4.34. The lowest BCUT2D eigenvalue weighted by molar-refractivity contribution is -0.147. The van der Waals surface area contributed by atoms with Crippen LogP contribution in [-0.2, 0) is 19.1 Å². The minimum atomic E-state index is -1.16. The quantitative estimate of drug-likeness (QED) is 0.272. The standard InChI is InChI=1S/C13H12ClN3O4/c1-7(13(19)20-3)12(21-8(2)18)10-6-9(14)4-5-11(10)16-17-15/h4-6,12H,1H2,2-3H3. The summed E-state index contributed by atoms with van der Waals surface area (Å²) in [6.45, 7) is 4.73. The smallest absolute Gasteiger partial charge is 0.337 e. The fraction of sp³-hybridized carbons (Fsp3) is 0.231. The number of azide groups is 1. The van der Waals surface area contributed by atoms with Gasteiger partial charge in [0.05, 0.1) is 12.7 Å². The monoisotopic (exact) mass is 309 g/mol. The molecule has 110 valence electrons. The van der Waals surface area contributed by atoms with Crippen molar-refractivity contribution in [2.75, 3.05) is 7.11 Å². The highest BCUT2D eigenvalue weighted by Gasteiger charge is 2.26. The van der Waals surface area contributed by atoms with Gasteiger partial charge in [-0.2, -0.15) is 0 Å². The van der Waals surface area contributed by atoms with E-state index in [1.807, 2.05) is 0 Å². The van der Waals surface area contributed by atoms with E-state index in [9.17, 15) is 9.59 Å². The maximum absolute atomic E-state index is 11.6. The molecule has 0 saturated heterocycles. The average Bonchev–Trinajstić information content (AvgIpc) is 2.45. The molecule has 1 atom stereocenters. The lowest BCUT2D eigenvalue weighted by Crippen LogP contribution is -2.17. The topological polar surface area (TPSA) is 101 Å². The maximum Gasteiger partial charge on any atom is 0.337 e. The zero-order chi connectivity index (χ0) is 16.0. The van der Waals surface area contributed by atoms with E-state index in [4.69, 9.17) is 21.9 Å². The molecule has 0 aliphatic heterocycles. The molecule has 1 unspecified atom stereocenters. The van der Waals surface area contributed by atoms with Gasteiger partial charge in [0.15, 0.2) is 6.10 Å². The van der Waals surface area contributed by atoms with Crippen LogP contribution >= 0.6 is 11.6 Å². The van der Waals surface area contributed by atoms with Crippen molar-refractivity contribution >= 4 is 29.2 Å². The van der Waals surface area contributed by atoms with Gasteiger partial charge in [-0.25, -0.2) is 4.79 Å². The first-order chi connectivity index (χ1) is 9.90. The number of esters is 2. The maximum atomic E-state index is 11.6. The highest BCUT2D eigenvalue weighted by atomic mass is 35.5. The number of halogens is 1. The second kappa shape index (κ2) is 7.33. The van der Waals surface area contributed by atoms with Crippen LogP contribution in [0.25, 0.3) is 10.4 Å². The molecule has 0 aromatic heterocycles. The summed E-state index contributed by atoms with van der Waals surface area (Å²) in [5.41, 5.74) is 8.86. The molecule has 0 bridgehead atoms. The molecular weight excluding hydrogens is 298 g/mol. The molecular formula is C13H12ClN3O4. The van der Waals surface area contributed by atoms with Crippen LogP contribution in [0.2, 0.25) is 5.02 Å². The number of nitrogens with zero attached hydrogens (tertiary/aromatic N) is 3. The summed E-state index contributed by atoms with van der Waals surface area (Å²) in [7, 11) is 1.17. The summed E-state index contributed by atoms with van der Waals surface area (Å²) in [6, 6.07) is 4.37. The van der Waals surface area contributed by atoms with Crippen LogP contribution in [0.3, 0.4) is 0 Å². The van der Waals surface area contributed by atoms with Crippen LogP contribution in [-0.4, -0.2) is 19.0 Å². The van der Waals surface area contributed by atoms with E-state index >= 15 is 0 Å². The summed E-state index contributed by atoms with van der Waals surface area (Å²) in [4.78, 5) is 25.5. The first-order valence-corrected chi connectivity index (χ1v) is 6.07. The fourth-order valence-corrected chi connectivity index (χ4v) is 1.78. The van der Waals surface area contributed by atoms with Crippen molar-refractivity contribution in [3.05, 3.63) is 51.4 Å². The second-order valence-electron chi connectivity index (χ2n) is 3.90.